The van der Waals surface area contributed by atoms with E-state index in [1.54, 1.807) is 17.9 Å². The van der Waals surface area contributed by atoms with Crippen LogP contribution in [0, 0.1) is 6.92 Å². The minimum absolute atomic E-state index is 0.183. The molecule has 3 heterocycles. The van der Waals surface area contributed by atoms with Gasteiger partial charge >= 0.3 is 0 Å². The molecular formula is C13H15N5O2S. The number of thiazole rings is 1. The third kappa shape index (κ3) is 3.17. The van der Waals surface area contributed by atoms with Crippen molar-refractivity contribution in [2.45, 2.75) is 6.92 Å². The molecule has 110 valence electrons. The highest BCUT2D eigenvalue weighted by atomic mass is 32.1. The Kier molecular flexibility index (Phi) is 4.07. The first kappa shape index (κ1) is 13.9. The van der Waals surface area contributed by atoms with Crippen LogP contribution < -0.4 is 10.2 Å². The van der Waals surface area contributed by atoms with Crippen molar-refractivity contribution >= 4 is 28.9 Å². The molecular weight excluding hydrogens is 290 g/mol. The monoisotopic (exact) mass is 305 g/mol. The lowest BCUT2D eigenvalue weighted by Crippen LogP contribution is -2.37. The van der Waals surface area contributed by atoms with E-state index in [4.69, 9.17) is 4.74 Å². The van der Waals surface area contributed by atoms with Crippen LogP contribution in [0.5, 0.6) is 0 Å². The standard InChI is InChI=1S/C13H15N5O2S/c1-9-11(21-8-16-9)12(19)17-10-6-14-13(15-7-10)18-2-4-20-5-3-18/h6-8H,2-5H2,1H3,(H,17,19). The lowest BCUT2D eigenvalue weighted by atomic mass is 10.3. The number of hydrogen-bond donors (Lipinski definition) is 1. The fourth-order valence-corrected chi connectivity index (χ4v) is 2.72. The van der Waals surface area contributed by atoms with Gasteiger partial charge in [0.2, 0.25) is 5.95 Å². The van der Waals surface area contributed by atoms with Crippen LogP contribution in [0.2, 0.25) is 0 Å². The van der Waals surface area contributed by atoms with Crippen LogP contribution in [-0.2, 0) is 4.74 Å². The summed E-state index contributed by atoms with van der Waals surface area (Å²) in [7, 11) is 0. The van der Waals surface area contributed by atoms with E-state index < -0.39 is 0 Å². The SMILES string of the molecule is Cc1ncsc1C(=O)Nc1cnc(N2CCOCC2)nc1. The summed E-state index contributed by atoms with van der Waals surface area (Å²) in [5, 5.41) is 2.78. The lowest BCUT2D eigenvalue weighted by molar-refractivity contribution is 0.102. The van der Waals surface area contributed by atoms with E-state index in [9.17, 15) is 4.79 Å². The van der Waals surface area contributed by atoms with Gasteiger partial charge in [0, 0.05) is 13.1 Å². The molecule has 1 aliphatic rings. The van der Waals surface area contributed by atoms with Crippen LogP contribution >= 0.6 is 11.3 Å². The van der Waals surface area contributed by atoms with Gasteiger partial charge in [0.15, 0.2) is 0 Å². The van der Waals surface area contributed by atoms with E-state index in [0.29, 0.717) is 29.7 Å². The number of rotatable bonds is 3. The zero-order valence-corrected chi connectivity index (χ0v) is 12.4. The smallest absolute Gasteiger partial charge is 0.267 e. The molecule has 0 aromatic carbocycles. The minimum Gasteiger partial charge on any atom is -0.378 e. The van der Waals surface area contributed by atoms with E-state index >= 15 is 0 Å². The molecule has 0 unspecified atom stereocenters. The van der Waals surface area contributed by atoms with Crippen molar-refractivity contribution in [3.8, 4) is 0 Å². The van der Waals surface area contributed by atoms with Crippen molar-refractivity contribution in [1.29, 1.82) is 0 Å². The van der Waals surface area contributed by atoms with Gasteiger partial charge in [0.25, 0.3) is 5.91 Å². The normalized spacial score (nSPS) is 15.0. The van der Waals surface area contributed by atoms with Crippen molar-refractivity contribution < 1.29 is 9.53 Å². The molecule has 21 heavy (non-hydrogen) atoms. The summed E-state index contributed by atoms with van der Waals surface area (Å²) >= 11 is 1.32. The number of carbonyl (C=O) groups is 1. The largest absolute Gasteiger partial charge is 0.378 e. The lowest BCUT2D eigenvalue weighted by Gasteiger charge is -2.26. The van der Waals surface area contributed by atoms with Gasteiger partial charge in [-0.15, -0.1) is 11.3 Å². The van der Waals surface area contributed by atoms with E-state index in [1.807, 2.05) is 6.92 Å². The number of ether oxygens (including phenoxy) is 1. The number of nitrogens with one attached hydrogen (secondary N) is 1. The van der Waals surface area contributed by atoms with Crippen LogP contribution in [-0.4, -0.2) is 47.2 Å². The topological polar surface area (TPSA) is 80.2 Å². The molecule has 3 rings (SSSR count). The second-order valence-corrected chi connectivity index (χ2v) is 5.45. The van der Waals surface area contributed by atoms with Crippen molar-refractivity contribution in [1.82, 2.24) is 15.0 Å². The summed E-state index contributed by atoms with van der Waals surface area (Å²) in [5.74, 6) is 0.475. The van der Waals surface area contributed by atoms with E-state index in [1.165, 1.54) is 11.3 Å². The Morgan fingerprint density at radius 3 is 2.62 bits per heavy atom. The zero-order valence-electron chi connectivity index (χ0n) is 11.6. The fourth-order valence-electron chi connectivity index (χ4n) is 2.02. The number of hydrogen-bond acceptors (Lipinski definition) is 7. The Labute approximate surface area is 126 Å². The van der Waals surface area contributed by atoms with Gasteiger partial charge in [0.1, 0.15) is 4.88 Å². The van der Waals surface area contributed by atoms with Gasteiger partial charge < -0.3 is 15.0 Å². The minimum atomic E-state index is -0.183. The summed E-state index contributed by atoms with van der Waals surface area (Å²) in [4.78, 5) is 27.4. The van der Waals surface area contributed by atoms with Crippen LogP contribution in [0.3, 0.4) is 0 Å². The molecule has 0 atom stereocenters. The quantitative estimate of drug-likeness (QED) is 0.921. The Balaban J connectivity index is 1.67. The number of nitrogens with zero attached hydrogens (tertiary/aromatic N) is 4. The summed E-state index contributed by atoms with van der Waals surface area (Å²) in [6, 6.07) is 0. The summed E-state index contributed by atoms with van der Waals surface area (Å²) in [5.41, 5.74) is 2.95. The molecule has 8 heteroatoms. The second kappa shape index (κ2) is 6.15. The third-order valence-electron chi connectivity index (χ3n) is 3.14. The van der Waals surface area contributed by atoms with Crippen molar-refractivity contribution in [2.24, 2.45) is 0 Å². The van der Waals surface area contributed by atoms with Gasteiger partial charge in [-0.05, 0) is 6.92 Å². The third-order valence-corrected chi connectivity index (χ3v) is 4.07. The van der Waals surface area contributed by atoms with Gasteiger partial charge in [0.05, 0.1) is 42.5 Å². The Morgan fingerprint density at radius 2 is 2.00 bits per heavy atom. The molecule has 0 aliphatic carbocycles. The van der Waals surface area contributed by atoms with Crippen molar-refractivity contribution in [3.05, 3.63) is 28.5 Å². The fraction of sp³-hybridized carbons (Fsp3) is 0.385. The number of carbonyl (C=O) groups excluding carboxylic acids is 1. The number of anilines is 2. The molecule has 1 amide bonds. The van der Waals surface area contributed by atoms with Gasteiger partial charge in [-0.25, -0.2) is 15.0 Å². The maximum Gasteiger partial charge on any atom is 0.267 e. The molecule has 1 N–H and O–H groups in total. The Hall–Kier alpha value is -2.06. The summed E-state index contributed by atoms with van der Waals surface area (Å²) in [6.45, 7) is 4.75. The molecule has 1 aliphatic heterocycles. The van der Waals surface area contributed by atoms with Crippen molar-refractivity contribution in [3.63, 3.8) is 0 Å². The van der Waals surface area contributed by atoms with E-state index in [0.717, 1.165) is 18.8 Å². The summed E-state index contributed by atoms with van der Waals surface area (Å²) in [6.07, 6.45) is 3.23. The first-order chi connectivity index (χ1) is 10.2. The molecule has 7 nitrogen and oxygen atoms in total. The first-order valence-electron chi connectivity index (χ1n) is 6.60. The van der Waals surface area contributed by atoms with Crippen LogP contribution in [0.4, 0.5) is 11.6 Å². The predicted octanol–water partition coefficient (Wildman–Crippen LogP) is 1.33. The Bertz CT molecular complexity index is 622. The van der Waals surface area contributed by atoms with Gasteiger partial charge in [-0.3, -0.25) is 4.79 Å². The number of morpholine rings is 1. The van der Waals surface area contributed by atoms with Gasteiger partial charge in [-0.2, -0.15) is 0 Å². The first-order valence-corrected chi connectivity index (χ1v) is 7.48. The average molecular weight is 305 g/mol. The number of aromatic nitrogens is 3. The molecule has 1 saturated heterocycles. The molecule has 0 bridgehead atoms. The van der Waals surface area contributed by atoms with E-state index in [2.05, 4.69) is 25.2 Å². The molecule has 0 saturated carbocycles. The highest BCUT2D eigenvalue weighted by molar-refractivity contribution is 7.12. The second-order valence-electron chi connectivity index (χ2n) is 4.59. The molecule has 0 radical (unpaired) electrons. The highest BCUT2D eigenvalue weighted by Gasteiger charge is 2.15. The van der Waals surface area contributed by atoms with Crippen LogP contribution in [0.1, 0.15) is 15.4 Å². The average Bonchev–Trinajstić information content (AvgIpc) is 2.95. The molecule has 0 spiro atoms. The maximum atomic E-state index is 12.1. The van der Waals surface area contributed by atoms with Crippen molar-refractivity contribution in [2.75, 3.05) is 36.5 Å². The van der Waals surface area contributed by atoms with Gasteiger partial charge in [-0.1, -0.05) is 0 Å². The molecule has 2 aromatic heterocycles. The maximum absolute atomic E-state index is 12.1. The number of aryl methyl sites for hydroxylation is 1. The highest BCUT2D eigenvalue weighted by Crippen LogP contribution is 2.16. The summed E-state index contributed by atoms with van der Waals surface area (Å²) < 4.78 is 5.29. The predicted molar refractivity (Wildman–Crippen MR) is 79.9 cm³/mol. The molecule has 1 fully saturated rings. The van der Waals surface area contributed by atoms with E-state index in [-0.39, 0.29) is 5.91 Å². The zero-order chi connectivity index (χ0) is 14.7. The van der Waals surface area contributed by atoms with Crippen LogP contribution in [0.15, 0.2) is 17.9 Å². The molecule has 2 aromatic rings. The Morgan fingerprint density at radius 1 is 1.29 bits per heavy atom. The van der Waals surface area contributed by atoms with Crippen LogP contribution in [0.25, 0.3) is 0 Å². The number of amides is 1.